The lowest BCUT2D eigenvalue weighted by molar-refractivity contribution is -0.137. The fraction of sp³-hybridized carbons (Fsp3) is 0.238. The fourth-order valence-electron chi connectivity index (χ4n) is 3.48. The second-order valence-electron chi connectivity index (χ2n) is 6.78. The maximum absolute atomic E-state index is 12.9. The van der Waals surface area contributed by atoms with Crippen molar-refractivity contribution in [2.45, 2.75) is 12.6 Å². The predicted molar refractivity (Wildman–Crippen MR) is 102 cm³/mol. The number of alkyl halides is 3. The Balaban J connectivity index is 1.99. The largest absolute Gasteiger partial charge is 0.478 e. The molecule has 0 bridgehead atoms. The van der Waals surface area contributed by atoms with E-state index >= 15 is 0 Å². The molecule has 1 aliphatic rings. The highest BCUT2D eigenvalue weighted by Crippen LogP contribution is 2.38. The standard InChI is InChI=1S/C21H19F3N2O3/c1-2-19(27)25-11-13-10-17-16(20(28)29)4-3-5-18(17)26(12-13)15-8-6-14(7-9-15)21(22,23)24/h2-9,13H,1,10-12H2,(H,25,27)(H,28,29)/t13-/m0/s1. The first-order valence-corrected chi connectivity index (χ1v) is 8.91. The van der Waals surface area contributed by atoms with E-state index in [9.17, 15) is 27.9 Å². The van der Waals surface area contributed by atoms with Gasteiger partial charge in [0.1, 0.15) is 0 Å². The lowest BCUT2D eigenvalue weighted by Crippen LogP contribution is -2.39. The number of carbonyl (C=O) groups excluding carboxylic acids is 1. The average Bonchev–Trinajstić information content (AvgIpc) is 2.70. The summed E-state index contributed by atoms with van der Waals surface area (Å²) < 4.78 is 38.7. The van der Waals surface area contributed by atoms with Gasteiger partial charge in [-0.05, 0) is 60.4 Å². The fourth-order valence-corrected chi connectivity index (χ4v) is 3.48. The Kier molecular flexibility index (Phi) is 5.63. The Morgan fingerprint density at radius 3 is 2.48 bits per heavy atom. The average molecular weight is 404 g/mol. The number of nitrogens with zero attached hydrogens (tertiary/aromatic N) is 1. The van der Waals surface area contributed by atoms with E-state index in [2.05, 4.69) is 11.9 Å². The Morgan fingerprint density at radius 2 is 1.90 bits per heavy atom. The van der Waals surface area contributed by atoms with Gasteiger partial charge in [0, 0.05) is 24.5 Å². The quantitative estimate of drug-likeness (QED) is 0.739. The van der Waals surface area contributed by atoms with Crippen molar-refractivity contribution in [3.05, 3.63) is 71.8 Å². The van der Waals surface area contributed by atoms with Gasteiger partial charge in [-0.25, -0.2) is 4.79 Å². The molecule has 0 fully saturated rings. The molecule has 0 unspecified atom stereocenters. The number of benzene rings is 2. The monoisotopic (exact) mass is 404 g/mol. The molecule has 2 aromatic rings. The van der Waals surface area contributed by atoms with E-state index < -0.39 is 17.7 Å². The van der Waals surface area contributed by atoms with Gasteiger partial charge in [-0.1, -0.05) is 12.6 Å². The van der Waals surface area contributed by atoms with Gasteiger partial charge in [-0.15, -0.1) is 0 Å². The summed E-state index contributed by atoms with van der Waals surface area (Å²) in [5, 5.41) is 12.2. The Hall–Kier alpha value is -3.29. The highest BCUT2D eigenvalue weighted by atomic mass is 19.4. The number of nitrogens with one attached hydrogen (secondary N) is 1. The van der Waals surface area contributed by atoms with E-state index in [-0.39, 0.29) is 23.9 Å². The molecule has 0 saturated carbocycles. The van der Waals surface area contributed by atoms with Crippen LogP contribution in [0.4, 0.5) is 24.5 Å². The van der Waals surface area contributed by atoms with E-state index in [0.29, 0.717) is 29.9 Å². The molecule has 2 N–H and O–H groups in total. The topological polar surface area (TPSA) is 69.6 Å². The normalized spacial score (nSPS) is 16.1. The first-order valence-electron chi connectivity index (χ1n) is 8.91. The van der Waals surface area contributed by atoms with E-state index in [1.165, 1.54) is 18.2 Å². The summed E-state index contributed by atoms with van der Waals surface area (Å²) in [4.78, 5) is 25.0. The van der Waals surface area contributed by atoms with Gasteiger partial charge in [0.25, 0.3) is 0 Å². The first-order chi connectivity index (χ1) is 13.7. The first kappa shape index (κ1) is 20.4. The number of hydrogen-bond acceptors (Lipinski definition) is 3. The van der Waals surface area contributed by atoms with Crippen molar-refractivity contribution in [2.24, 2.45) is 5.92 Å². The highest BCUT2D eigenvalue weighted by molar-refractivity contribution is 5.92. The molecule has 2 aromatic carbocycles. The zero-order chi connectivity index (χ0) is 21.2. The molecule has 152 valence electrons. The maximum atomic E-state index is 12.9. The molecule has 3 rings (SSSR count). The minimum atomic E-state index is -4.44. The van der Waals surface area contributed by atoms with Crippen molar-refractivity contribution in [3.8, 4) is 0 Å². The minimum absolute atomic E-state index is 0.130. The second-order valence-corrected chi connectivity index (χ2v) is 6.78. The number of amides is 1. The van der Waals surface area contributed by atoms with Crippen LogP contribution in [0.3, 0.4) is 0 Å². The smallest absolute Gasteiger partial charge is 0.416 e. The summed E-state index contributed by atoms with van der Waals surface area (Å²) in [5.74, 6) is -1.55. The van der Waals surface area contributed by atoms with Crippen molar-refractivity contribution in [1.82, 2.24) is 5.32 Å². The number of rotatable bonds is 5. The van der Waals surface area contributed by atoms with Crippen LogP contribution in [0.2, 0.25) is 0 Å². The molecular weight excluding hydrogens is 385 g/mol. The van der Waals surface area contributed by atoms with Crippen LogP contribution in [0.15, 0.2) is 55.1 Å². The van der Waals surface area contributed by atoms with Gasteiger partial charge in [0.2, 0.25) is 5.91 Å². The third-order valence-electron chi connectivity index (χ3n) is 4.86. The van der Waals surface area contributed by atoms with Gasteiger partial charge < -0.3 is 15.3 Å². The highest BCUT2D eigenvalue weighted by Gasteiger charge is 2.32. The van der Waals surface area contributed by atoms with Crippen molar-refractivity contribution >= 4 is 23.3 Å². The van der Waals surface area contributed by atoms with Crippen molar-refractivity contribution in [1.29, 1.82) is 0 Å². The Morgan fingerprint density at radius 1 is 1.21 bits per heavy atom. The van der Waals surface area contributed by atoms with Gasteiger partial charge >= 0.3 is 12.1 Å². The number of carboxylic acids is 1. The number of halogens is 3. The Labute approximate surface area is 165 Å². The summed E-state index contributed by atoms with van der Waals surface area (Å²) in [6.45, 7) is 4.10. The summed E-state index contributed by atoms with van der Waals surface area (Å²) in [6.07, 6.45) is -2.87. The molecule has 0 aliphatic carbocycles. The molecule has 1 heterocycles. The number of aromatic carboxylic acids is 1. The maximum Gasteiger partial charge on any atom is 0.416 e. The molecule has 0 radical (unpaired) electrons. The molecule has 0 saturated heterocycles. The van der Waals surface area contributed by atoms with Crippen LogP contribution in [0, 0.1) is 5.92 Å². The molecule has 29 heavy (non-hydrogen) atoms. The molecule has 0 aromatic heterocycles. The van der Waals surface area contributed by atoms with E-state index in [4.69, 9.17) is 0 Å². The number of hydrogen-bond donors (Lipinski definition) is 2. The van der Waals surface area contributed by atoms with Gasteiger partial charge in [0.15, 0.2) is 0 Å². The molecule has 5 nitrogen and oxygen atoms in total. The summed E-state index contributed by atoms with van der Waals surface area (Å²) in [6, 6.07) is 9.59. The molecular formula is C21H19F3N2O3. The van der Waals surface area contributed by atoms with Crippen molar-refractivity contribution in [3.63, 3.8) is 0 Å². The zero-order valence-electron chi connectivity index (χ0n) is 15.4. The van der Waals surface area contributed by atoms with Gasteiger partial charge in [0.05, 0.1) is 11.1 Å². The van der Waals surface area contributed by atoms with Crippen molar-refractivity contribution in [2.75, 3.05) is 18.0 Å². The third kappa shape index (κ3) is 4.42. The van der Waals surface area contributed by atoms with Crippen LogP contribution in [-0.2, 0) is 17.4 Å². The second kappa shape index (κ2) is 7.98. The number of carbonyl (C=O) groups is 2. The van der Waals surface area contributed by atoms with Crippen LogP contribution in [-0.4, -0.2) is 30.1 Å². The van der Waals surface area contributed by atoms with Crippen LogP contribution in [0.1, 0.15) is 21.5 Å². The number of fused-ring (bicyclic) bond motifs is 1. The summed E-state index contributed by atoms with van der Waals surface area (Å²) >= 11 is 0. The van der Waals surface area contributed by atoms with E-state index in [1.54, 1.807) is 17.0 Å². The minimum Gasteiger partial charge on any atom is -0.478 e. The number of anilines is 2. The predicted octanol–water partition coefficient (Wildman–Crippen LogP) is 4.02. The molecule has 1 atom stereocenters. The molecule has 0 spiro atoms. The molecule has 8 heteroatoms. The Bertz CT molecular complexity index is 939. The summed E-state index contributed by atoms with van der Waals surface area (Å²) in [7, 11) is 0. The van der Waals surface area contributed by atoms with Crippen LogP contribution in [0.5, 0.6) is 0 Å². The lowest BCUT2D eigenvalue weighted by atomic mass is 9.88. The van der Waals surface area contributed by atoms with E-state index in [1.807, 2.05) is 0 Å². The van der Waals surface area contributed by atoms with Crippen LogP contribution >= 0.6 is 0 Å². The third-order valence-corrected chi connectivity index (χ3v) is 4.86. The van der Waals surface area contributed by atoms with Gasteiger partial charge in [-0.3, -0.25) is 4.79 Å². The molecule has 1 amide bonds. The molecule has 1 aliphatic heterocycles. The zero-order valence-corrected chi connectivity index (χ0v) is 15.4. The van der Waals surface area contributed by atoms with Crippen LogP contribution in [0.25, 0.3) is 0 Å². The van der Waals surface area contributed by atoms with Crippen LogP contribution < -0.4 is 10.2 Å². The number of carboxylic acid groups (broad SMARTS) is 1. The van der Waals surface area contributed by atoms with Gasteiger partial charge in [-0.2, -0.15) is 13.2 Å². The van der Waals surface area contributed by atoms with E-state index in [0.717, 1.165) is 18.2 Å². The lowest BCUT2D eigenvalue weighted by Gasteiger charge is -2.37. The SMILES string of the molecule is C=CC(=O)NC[C@@H]1Cc2c(C(=O)O)cccc2N(c2ccc(C(F)(F)F)cc2)C1. The van der Waals surface area contributed by atoms with Crippen molar-refractivity contribution < 1.29 is 27.9 Å². The summed E-state index contributed by atoms with van der Waals surface area (Å²) in [5.41, 5.74) is 1.12.